The Labute approximate surface area is 157 Å². The summed E-state index contributed by atoms with van der Waals surface area (Å²) in [6.45, 7) is 6.26. The third kappa shape index (κ3) is 4.05. The third-order valence-corrected chi connectivity index (χ3v) is 4.76. The first-order chi connectivity index (χ1) is 13.0. The molecule has 1 aromatic heterocycles. The normalized spacial score (nSPS) is 15.7. The Bertz CT molecular complexity index is 879. The Balaban J connectivity index is 1.62. The van der Waals surface area contributed by atoms with Crippen LogP contribution in [0.4, 0.5) is 0 Å². The minimum absolute atomic E-state index is 0.0262. The predicted molar refractivity (Wildman–Crippen MR) is 99.4 cm³/mol. The number of rotatable bonds is 6. The molecule has 0 saturated carbocycles. The average molecular weight is 375 g/mol. The Hall–Kier alpha value is -2.61. The van der Waals surface area contributed by atoms with Crippen molar-refractivity contribution < 1.29 is 19.1 Å². The highest BCUT2D eigenvalue weighted by molar-refractivity contribution is 5.83. The van der Waals surface area contributed by atoms with Crippen LogP contribution in [0.5, 0.6) is 0 Å². The Kier molecular flexibility index (Phi) is 5.95. The Morgan fingerprint density at radius 3 is 2.41 bits per heavy atom. The van der Waals surface area contributed by atoms with Gasteiger partial charge in [0.1, 0.15) is 0 Å². The molecule has 0 spiro atoms. The highest BCUT2D eigenvalue weighted by Gasteiger charge is 2.25. The highest BCUT2D eigenvalue weighted by atomic mass is 16.5. The molecule has 1 aliphatic rings. The van der Waals surface area contributed by atoms with E-state index in [-0.39, 0.29) is 24.6 Å². The maximum absolute atomic E-state index is 12.6. The Morgan fingerprint density at radius 1 is 1.15 bits per heavy atom. The quantitative estimate of drug-likeness (QED) is 0.704. The number of ether oxygens (including phenoxy) is 2. The molecule has 1 saturated heterocycles. The van der Waals surface area contributed by atoms with E-state index in [1.54, 1.807) is 21.0 Å². The SMILES string of the molecule is CCn1c(=O)n(CCC(=O)O[C@H](C)C(=O)N2CCOCC2)c2ccccc21. The highest BCUT2D eigenvalue weighted by Crippen LogP contribution is 2.13. The lowest BCUT2D eigenvalue weighted by Crippen LogP contribution is -2.46. The van der Waals surface area contributed by atoms with E-state index in [1.807, 2.05) is 31.2 Å². The third-order valence-electron chi connectivity index (χ3n) is 4.76. The number of fused-ring (bicyclic) bond motifs is 1. The van der Waals surface area contributed by atoms with Crippen LogP contribution in [0.2, 0.25) is 0 Å². The molecule has 2 heterocycles. The number of morpholine rings is 1. The number of amides is 1. The van der Waals surface area contributed by atoms with Crippen LogP contribution >= 0.6 is 0 Å². The molecule has 1 atom stereocenters. The standard InChI is InChI=1S/C19H25N3O5/c1-3-21-15-6-4-5-7-16(15)22(19(21)25)9-8-17(23)27-14(2)18(24)20-10-12-26-13-11-20/h4-7,14H,3,8-13H2,1-2H3/t14-/m1/s1. The van der Waals surface area contributed by atoms with Gasteiger partial charge < -0.3 is 14.4 Å². The molecule has 1 aliphatic heterocycles. The summed E-state index contributed by atoms with van der Waals surface area (Å²) in [5.74, 6) is -0.712. The number of benzene rings is 1. The molecular weight excluding hydrogens is 350 g/mol. The Morgan fingerprint density at radius 2 is 1.78 bits per heavy atom. The summed E-state index contributed by atoms with van der Waals surface area (Å²) in [6.07, 6.45) is -0.817. The maximum atomic E-state index is 12.6. The first kappa shape index (κ1) is 19.2. The fourth-order valence-electron chi connectivity index (χ4n) is 3.34. The van der Waals surface area contributed by atoms with Crippen molar-refractivity contribution in [3.63, 3.8) is 0 Å². The summed E-state index contributed by atoms with van der Waals surface area (Å²) < 4.78 is 13.7. The number of nitrogens with zero attached hydrogens (tertiary/aromatic N) is 3. The van der Waals surface area contributed by atoms with Gasteiger partial charge in [-0.25, -0.2) is 4.79 Å². The number of hydrogen-bond acceptors (Lipinski definition) is 5. The summed E-state index contributed by atoms with van der Waals surface area (Å²) in [6, 6.07) is 7.49. The van der Waals surface area contributed by atoms with Crippen molar-refractivity contribution in [1.29, 1.82) is 0 Å². The van der Waals surface area contributed by atoms with Gasteiger partial charge in [0, 0.05) is 26.2 Å². The van der Waals surface area contributed by atoms with Gasteiger partial charge in [-0.3, -0.25) is 18.7 Å². The summed E-state index contributed by atoms with van der Waals surface area (Å²) in [7, 11) is 0. The van der Waals surface area contributed by atoms with E-state index in [1.165, 1.54) is 0 Å². The largest absolute Gasteiger partial charge is 0.452 e. The van der Waals surface area contributed by atoms with Gasteiger partial charge in [0.05, 0.1) is 30.7 Å². The van der Waals surface area contributed by atoms with Gasteiger partial charge in [0.25, 0.3) is 5.91 Å². The van der Waals surface area contributed by atoms with E-state index in [0.717, 1.165) is 11.0 Å². The molecule has 1 amide bonds. The summed E-state index contributed by atoms with van der Waals surface area (Å²) in [5, 5.41) is 0. The molecular formula is C19H25N3O5. The van der Waals surface area contributed by atoms with Gasteiger partial charge in [-0.1, -0.05) is 12.1 Å². The van der Waals surface area contributed by atoms with Gasteiger partial charge in [-0.15, -0.1) is 0 Å². The van der Waals surface area contributed by atoms with Crippen LogP contribution in [-0.2, 0) is 32.2 Å². The monoisotopic (exact) mass is 375 g/mol. The molecule has 27 heavy (non-hydrogen) atoms. The van der Waals surface area contributed by atoms with Crippen molar-refractivity contribution in [1.82, 2.24) is 14.0 Å². The fraction of sp³-hybridized carbons (Fsp3) is 0.526. The number of carbonyl (C=O) groups excluding carboxylic acids is 2. The minimum Gasteiger partial charge on any atom is -0.452 e. The molecule has 1 aromatic carbocycles. The van der Waals surface area contributed by atoms with E-state index in [2.05, 4.69) is 0 Å². The number of para-hydroxylation sites is 2. The zero-order chi connectivity index (χ0) is 19.4. The number of aryl methyl sites for hydroxylation is 2. The topological polar surface area (TPSA) is 82.8 Å². The van der Waals surface area contributed by atoms with Crippen LogP contribution in [0.25, 0.3) is 11.0 Å². The van der Waals surface area contributed by atoms with Crippen molar-refractivity contribution in [3.8, 4) is 0 Å². The van der Waals surface area contributed by atoms with Crippen molar-refractivity contribution in [2.45, 2.75) is 39.5 Å². The van der Waals surface area contributed by atoms with Crippen LogP contribution in [0.15, 0.2) is 29.1 Å². The number of imidazole rings is 1. The fourth-order valence-corrected chi connectivity index (χ4v) is 3.34. The van der Waals surface area contributed by atoms with E-state index in [9.17, 15) is 14.4 Å². The zero-order valence-corrected chi connectivity index (χ0v) is 15.7. The van der Waals surface area contributed by atoms with Gasteiger partial charge in [0.2, 0.25) is 0 Å². The van der Waals surface area contributed by atoms with Crippen LogP contribution in [0.3, 0.4) is 0 Å². The molecule has 8 heteroatoms. The number of esters is 1. The van der Waals surface area contributed by atoms with Crippen LogP contribution in [0, 0.1) is 0 Å². The molecule has 3 rings (SSSR count). The summed E-state index contributed by atoms with van der Waals surface area (Å²) >= 11 is 0. The van der Waals surface area contributed by atoms with Crippen molar-refractivity contribution in [2.75, 3.05) is 26.3 Å². The van der Waals surface area contributed by atoms with Crippen molar-refractivity contribution in [2.24, 2.45) is 0 Å². The van der Waals surface area contributed by atoms with Crippen molar-refractivity contribution >= 4 is 22.9 Å². The minimum atomic E-state index is -0.843. The van der Waals surface area contributed by atoms with Gasteiger partial charge in [0.15, 0.2) is 6.10 Å². The van der Waals surface area contributed by atoms with Crippen LogP contribution < -0.4 is 5.69 Å². The molecule has 146 valence electrons. The van der Waals surface area contributed by atoms with E-state index in [0.29, 0.717) is 32.8 Å². The zero-order valence-electron chi connectivity index (χ0n) is 15.7. The second-order valence-electron chi connectivity index (χ2n) is 6.49. The number of hydrogen-bond donors (Lipinski definition) is 0. The molecule has 0 aliphatic carbocycles. The lowest BCUT2D eigenvalue weighted by molar-refractivity contribution is -0.161. The van der Waals surface area contributed by atoms with Crippen molar-refractivity contribution in [3.05, 3.63) is 34.7 Å². The van der Waals surface area contributed by atoms with Gasteiger partial charge in [-0.2, -0.15) is 0 Å². The maximum Gasteiger partial charge on any atom is 0.329 e. The van der Waals surface area contributed by atoms with Gasteiger partial charge in [-0.05, 0) is 26.0 Å². The van der Waals surface area contributed by atoms with E-state index < -0.39 is 12.1 Å². The first-order valence-electron chi connectivity index (χ1n) is 9.27. The number of carbonyl (C=O) groups is 2. The molecule has 2 aromatic rings. The second kappa shape index (κ2) is 8.39. The second-order valence-corrected chi connectivity index (χ2v) is 6.49. The number of aromatic nitrogens is 2. The molecule has 0 radical (unpaired) electrons. The molecule has 8 nitrogen and oxygen atoms in total. The molecule has 0 N–H and O–H groups in total. The lowest BCUT2D eigenvalue weighted by Gasteiger charge is -2.28. The summed E-state index contributed by atoms with van der Waals surface area (Å²) in [5.41, 5.74) is 1.48. The lowest BCUT2D eigenvalue weighted by atomic mass is 10.3. The van der Waals surface area contributed by atoms with Crippen LogP contribution in [-0.4, -0.2) is 58.3 Å². The van der Waals surface area contributed by atoms with Gasteiger partial charge >= 0.3 is 11.7 Å². The molecule has 0 unspecified atom stereocenters. The molecule has 0 bridgehead atoms. The average Bonchev–Trinajstić information content (AvgIpc) is 2.97. The van der Waals surface area contributed by atoms with E-state index in [4.69, 9.17) is 9.47 Å². The summed E-state index contributed by atoms with van der Waals surface area (Å²) in [4.78, 5) is 38.7. The van der Waals surface area contributed by atoms with E-state index >= 15 is 0 Å². The first-order valence-corrected chi connectivity index (χ1v) is 9.27. The smallest absolute Gasteiger partial charge is 0.329 e. The molecule has 1 fully saturated rings. The predicted octanol–water partition coefficient (Wildman–Crippen LogP) is 1.00. The van der Waals surface area contributed by atoms with Crippen LogP contribution in [0.1, 0.15) is 20.3 Å².